The highest BCUT2D eigenvalue weighted by molar-refractivity contribution is 5.75. The van der Waals surface area contributed by atoms with Crippen molar-refractivity contribution in [2.45, 2.75) is 13.3 Å². The Morgan fingerprint density at radius 2 is 1.88 bits per heavy atom. The number of carbonyl (C=O) groups is 1. The Morgan fingerprint density at radius 3 is 2.50 bits per heavy atom. The molecule has 1 heterocycles. The van der Waals surface area contributed by atoms with Crippen molar-refractivity contribution in [3.8, 4) is 0 Å². The molecule has 1 unspecified atom stereocenters. The Labute approximate surface area is 97.7 Å². The number of hydrogen-bond acceptors (Lipinski definition) is 4. The van der Waals surface area contributed by atoms with Crippen LogP contribution in [0.1, 0.15) is 13.3 Å². The summed E-state index contributed by atoms with van der Waals surface area (Å²) < 4.78 is 0. The normalized spacial score (nSPS) is 21.6. The molecule has 5 nitrogen and oxygen atoms in total. The van der Waals surface area contributed by atoms with Gasteiger partial charge in [0.2, 0.25) is 5.91 Å². The highest BCUT2D eigenvalue weighted by Gasteiger charge is 2.16. The van der Waals surface area contributed by atoms with Crippen LogP contribution in [0, 0.1) is 5.92 Å². The molecule has 1 aliphatic heterocycles. The first-order valence-corrected chi connectivity index (χ1v) is 6.05. The van der Waals surface area contributed by atoms with E-state index in [1.54, 1.807) is 0 Å². The van der Waals surface area contributed by atoms with E-state index in [-0.39, 0.29) is 5.91 Å². The fourth-order valence-corrected chi connectivity index (χ4v) is 2.10. The summed E-state index contributed by atoms with van der Waals surface area (Å²) in [4.78, 5) is 15.4. The van der Waals surface area contributed by atoms with E-state index >= 15 is 0 Å². The molecule has 0 aromatic heterocycles. The van der Waals surface area contributed by atoms with Gasteiger partial charge in [0, 0.05) is 19.6 Å². The average Bonchev–Trinajstić information content (AvgIpc) is 2.43. The lowest BCUT2D eigenvalue weighted by molar-refractivity contribution is -0.119. The zero-order valence-corrected chi connectivity index (χ0v) is 10.2. The van der Waals surface area contributed by atoms with Crippen LogP contribution in [-0.4, -0.2) is 61.5 Å². The molecule has 0 aliphatic carbocycles. The lowest BCUT2D eigenvalue weighted by atomic mass is 10.1. The zero-order valence-electron chi connectivity index (χ0n) is 10.2. The summed E-state index contributed by atoms with van der Waals surface area (Å²) in [5.74, 6) is 0.312. The second-order valence-electron chi connectivity index (χ2n) is 4.74. The van der Waals surface area contributed by atoms with Crippen LogP contribution in [-0.2, 0) is 4.79 Å². The second kappa shape index (κ2) is 6.83. The number of carbonyl (C=O) groups excluding carboxylic acids is 1. The maximum Gasteiger partial charge on any atom is 0.231 e. The Balaban J connectivity index is 2.31. The second-order valence-corrected chi connectivity index (χ2v) is 4.74. The smallest absolute Gasteiger partial charge is 0.231 e. The zero-order chi connectivity index (χ0) is 12.0. The van der Waals surface area contributed by atoms with Crippen molar-refractivity contribution < 1.29 is 4.79 Å². The van der Waals surface area contributed by atoms with Gasteiger partial charge in [0.1, 0.15) is 0 Å². The number of hydrogen-bond donors (Lipinski definition) is 2. The number of primary amides is 1. The van der Waals surface area contributed by atoms with Crippen molar-refractivity contribution in [2.24, 2.45) is 17.4 Å². The van der Waals surface area contributed by atoms with Crippen LogP contribution >= 0.6 is 0 Å². The van der Waals surface area contributed by atoms with Crippen LogP contribution in [0.5, 0.6) is 0 Å². The molecule has 1 amide bonds. The van der Waals surface area contributed by atoms with Gasteiger partial charge in [0.15, 0.2) is 0 Å². The summed E-state index contributed by atoms with van der Waals surface area (Å²) in [6.45, 7) is 8.36. The number of rotatable bonds is 5. The third-order valence-electron chi connectivity index (χ3n) is 3.03. The van der Waals surface area contributed by atoms with Gasteiger partial charge in [-0.25, -0.2) is 0 Å². The van der Waals surface area contributed by atoms with Crippen LogP contribution in [0.4, 0.5) is 0 Å². The third kappa shape index (κ3) is 4.92. The van der Waals surface area contributed by atoms with Crippen LogP contribution in [0.25, 0.3) is 0 Å². The largest absolute Gasteiger partial charge is 0.369 e. The molecule has 0 aromatic carbocycles. The van der Waals surface area contributed by atoms with Gasteiger partial charge >= 0.3 is 0 Å². The summed E-state index contributed by atoms with van der Waals surface area (Å²) in [5.41, 5.74) is 10.8. The van der Waals surface area contributed by atoms with E-state index in [2.05, 4.69) is 16.7 Å². The van der Waals surface area contributed by atoms with Gasteiger partial charge in [-0.3, -0.25) is 9.69 Å². The molecule has 0 saturated carbocycles. The minimum absolute atomic E-state index is 0.233. The first-order valence-electron chi connectivity index (χ1n) is 6.05. The minimum atomic E-state index is -0.233. The van der Waals surface area contributed by atoms with Gasteiger partial charge in [-0.05, 0) is 32.0 Å². The molecular weight excluding hydrogens is 204 g/mol. The molecule has 0 spiro atoms. The van der Waals surface area contributed by atoms with Gasteiger partial charge in [-0.15, -0.1) is 0 Å². The summed E-state index contributed by atoms with van der Waals surface area (Å²) >= 11 is 0. The van der Waals surface area contributed by atoms with E-state index in [1.165, 1.54) is 0 Å². The maximum atomic E-state index is 10.8. The fourth-order valence-electron chi connectivity index (χ4n) is 2.10. The molecule has 16 heavy (non-hydrogen) atoms. The molecule has 0 aromatic rings. The molecule has 1 aliphatic rings. The van der Waals surface area contributed by atoms with Crippen molar-refractivity contribution in [1.29, 1.82) is 0 Å². The van der Waals surface area contributed by atoms with Gasteiger partial charge in [0.25, 0.3) is 0 Å². The molecule has 0 radical (unpaired) electrons. The molecule has 4 N–H and O–H groups in total. The Hall–Kier alpha value is -0.650. The lowest BCUT2D eigenvalue weighted by Gasteiger charge is -2.23. The Morgan fingerprint density at radius 1 is 1.25 bits per heavy atom. The van der Waals surface area contributed by atoms with Crippen molar-refractivity contribution in [1.82, 2.24) is 9.80 Å². The lowest BCUT2D eigenvalue weighted by Crippen LogP contribution is -2.38. The van der Waals surface area contributed by atoms with E-state index < -0.39 is 0 Å². The van der Waals surface area contributed by atoms with E-state index in [0.29, 0.717) is 12.5 Å². The highest BCUT2D eigenvalue weighted by Crippen LogP contribution is 2.05. The van der Waals surface area contributed by atoms with E-state index in [9.17, 15) is 4.79 Å². The quantitative estimate of drug-likeness (QED) is 0.638. The predicted octanol–water partition coefficient (Wildman–Crippen LogP) is -0.926. The monoisotopic (exact) mass is 228 g/mol. The standard InChI is InChI=1S/C11H24N4O/c1-10(7-12)8-14-3-2-4-15(6-5-14)9-11(13)16/h10H,2-9,12H2,1H3,(H2,13,16). The van der Waals surface area contributed by atoms with Crippen LogP contribution < -0.4 is 11.5 Å². The van der Waals surface area contributed by atoms with E-state index in [0.717, 1.165) is 45.7 Å². The Bertz CT molecular complexity index is 222. The van der Waals surface area contributed by atoms with Crippen LogP contribution in [0.3, 0.4) is 0 Å². The number of amides is 1. The average molecular weight is 228 g/mol. The number of nitrogens with zero attached hydrogens (tertiary/aromatic N) is 2. The molecule has 1 atom stereocenters. The van der Waals surface area contributed by atoms with Crippen molar-refractivity contribution in [2.75, 3.05) is 45.8 Å². The van der Waals surface area contributed by atoms with Crippen molar-refractivity contribution in [3.05, 3.63) is 0 Å². The topological polar surface area (TPSA) is 75.6 Å². The summed E-state index contributed by atoms with van der Waals surface area (Å²) in [5, 5.41) is 0. The summed E-state index contributed by atoms with van der Waals surface area (Å²) in [7, 11) is 0. The van der Waals surface area contributed by atoms with Gasteiger partial charge in [0.05, 0.1) is 6.54 Å². The minimum Gasteiger partial charge on any atom is -0.369 e. The highest BCUT2D eigenvalue weighted by atomic mass is 16.1. The van der Waals surface area contributed by atoms with Crippen LogP contribution in [0.2, 0.25) is 0 Å². The predicted molar refractivity (Wildman–Crippen MR) is 64.9 cm³/mol. The molecule has 94 valence electrons. The van der Waals surface area contributed by atoms with Gasteiger partial charge in [-0.2, -0.15) is 0 Å². The van der Waals surface area contributed by atoms with Gasteiger partial charge in [-0.1, -0.05) is 6.92 Å². The summed E-state index contributed by atoms with van der Waals surface area (Å²) in [6.07, 6.45) is 1.10. The molecule has 1 saturated heterocycles. The molecule has 5 heteroatoms. The first-order chi connectivity index (χ1) is 7.61. The molecule has 1 rings (SSSR count). The maximum absolute atomic E-state index is 10.8. The number of nitrogens with two attached hydrogens (primary N) is 2. The molecule has 0 bridgehead atoms. The van der Waals surface area contributed by atoms with E-state index in [4.69, 9.17) is 11.5 Å². The molecular formula is C11H24N4O. The van der Waals surface area contributed by atoms with Crippen molar-refractivity contribution >= 4 is 5.91 Å². The summed E-state index contributed by atoms with van der Waals surface area (Å²) in [6, 6.07) is 0. The van der Waals surface area contributed by atoms with Crippen LogP contribution in [0.15, 0.2) is 0 Å². The first kappa shape index (κ1) is 13.4. The molecule has 1 fully saturated rings. The van der Waals surface area contributed by atoms with Gasteiger partial charge < -0.3 is 16.4 Å². The SMILES string of the molecule is CC(CN)CN1CCCN(CC(N)=O)CC1. The Kier molecular flexibility index (Phi) is 5.73. The van der Waals surface area contributed by atoms with E-state index in [1.807, 2.05) is 0 Å². The fraction of sp³-hybridized carbons (Fsp3) is 0.909. The van der Waals surface area contributed by atoms with Crippen molar-refractivity contribution in [3.63, 3.8) is 0 Å². The third-order valence-corrected chi connectivity index (χ3v) is 3.03.